The summed E-state index contributed by atoms with van der Waals surface area (Å²) in [6, 6.07) is 0. The average molecular weight is 231 g/mol. The predicted octanol–water partition coefficient (Wildman–Crippen LogP) is 1.11. The molecule has 88 valence electrons. The topological polar surface area (TPSA) is 57.0 Å². The van der Waals surface area contributed by atoms with Crippen LogP contribution in [0.3, 0.4) is 0 Å². The van der Waals surface area contributed by atoms with E-state index in [1.54, 1.807) is 6.92 Å². The number of aromatic nitrogens is 3. The summed E-state index contributed by atoms with van der Waals surface area (Å²) >= 11 is 0. The molecule has 1 fully saturated rings. The van der Waals surface area contributed by atoms with Crippen LogP contribution in [0.15, 0.2) is 6.20 Å². The predicted molar refractivity (Wildman–Crippen MR) is 49.0 cm³/mol. The van der Waals surface area contributed by atoms with Crippen molar-refractivity contribution < 1.29 is 18.3 Å². The van der Waals surface area contributed by atoms with Crippen LogP contribution in [0.4, 0.5) is 8.78 Å². The van der Waals surface area contributed by atoms with Crippen LogP contribution in [0.2, 0.25) is 0 Å². The third-order valence-corrected chi connectivity index (χ3v) is 2.45. The lowest BCUT2D eigenvalue weighted by Gasteiger charge is -2.04. The van der Waals surface area contributed by atoms with Gasteiger partial charge in [0.2, 0.25) is 0 Å². The number of nitrogens with zero attached hydrogens (tertiary/aromatic N) is 3. The molecule has 1 heterocycles. The standard InChI is InChI=1S/C9H11F2N3O2/c1-2-16-8(15)7-4-12-13-14(7)5-6-3-9(6,10)11/h4,6H,2-3,5H2,1H3. The minimum Gasteiger partial charge on any atom is -0.461 e. The average Bonchev–Trinajstić information content (AvgIpc) is 2.63. The van der Waals surface area contributed by atoms with E-state index in [1.165, 1.54) is 10.9 Å². The molecule has 0 aromatic carbocycles. The molecule has 0 bridgehead atoms. The van der Waals surface area contributed by atoms with Gasteiger partial charge in [-0.2, -0.15) is 0 Å². The highest BCUT2D eigenvalue weighted by atomic mass is 19.3. The van der Waals surface area contributed by atoms with Gasteiger partial charge in [-0.1, -0.05) is 5.21 Å². The van der Waals surface area contributed by atoms with Gasteiger partial charge in [-0.25, -0.2) is 18.3 Å². The van der Waals surface area contributed by atoms with Gasteiger partial charge in [0, 0.05) is 12.3 Å². The molecule has 0 N–H and O–H groups in total. The van der Waals surface area contributed by atoms with E-state index in [-0.39, 0.29) is 25.3 Å². The summed E-state index contributed by atoms with van der Waals surface area (Å²) in [6.45, 7) is 1.89. The van der Waals surface area contributed by atoms with Crippen molar-refractivity contribution in [3.8, 4) is 0 Å². The number of esters is 1. The van der Waals surface area contributed by atoms with Crippen molar-refractivity contribution in [1.29, 1.82) is 0 Å². The fraction of sp³-hybridized carbons (Fsp3) is 0.667. The SMILES string of the molecule is CCOC(=O)c1cnnn1CC1CC1(F)F. The molecule has 16 heavy (non-hydrogen) atoms. The zero-order valence-corrected chi connectivity index (χ0v) is 8.69. The van der Waals surface area contributed by atoms with E-state index in [1.807, 2.05) is 0 Å². The Labute approximate surface area is 90.4 Å². The highest BCUT2D eigenvalue weighted by Crippen LogP contribution is 2.49. The van der Waals surface area contributed by atoms with Crippen LogP contribution in [0, 0.1) is 5.92 Å². The molecular formula is C9H11F2N3O2. The maximum Gasteiger partial charge on any atom is 0.358 e. The number of alkyl halides is 2. The van der Waals surface area contributed by atoms with Gasteiger partial charge in [0.1, 0.15) is 0 Å². The Kier molecular flexibility index (Phi) is 2.61. The Balaban J connectivity index is 2.05. The first kappa shape index (κ1) is 11.0. The molecule has 1 aromatic rings. The molecule has 2 rings (SSSR count). The summed E-state index contributed by atoms with van der Waals surface area (Å²) in [6.07, 6.45) is 1.06. The number of rotatable bonds is 4. The fourth-order valence-corrected chi connectivity index (χ4v) is 1.43. The minimum absolute atomic E-state index is 0.00114. The molecule has 1 aliphatic carbocycles. The van der Waals surface area contributed by atoms with Gasteiger partial charge in [-0.3, -0.25) is 0 Å². The van der Waals surface area contributed by atoms with Gasteiger partial charge in [0.25, 0.3) is 5.92 Å². The van der Waals surface area contributed by atoms with Gasteiger partial charge < -0.3 is 4.74 Å². The first-order valence-corrected chi connectivity index (χ1v) is 4.98. The van der Waals surface area contributed by atoms with Crippen molar-refractivity contribution in [3.05, 3.63) is 11.9 Å². The lowest BCUT2D eigenvalue weighted by atomic mass is 10.4. The van der Waals surface area contributed by atoms with Gasteiger partial charge in [0.15, 0.2) is 5.69 Å². The second-order valence-corrected chi connectivity index (χ2v) is 3.68. The van der Waals surface area contributed by atoms with Crippen LogP contribution >= 0.6 is 0 Å². The van der Waals surface area contributed by atoms with Crippen molar-refractivity contribution in [3.63, 3.8) is 0 Å². The largest absolute Gasteiger partial charge is 0.461 e. The second-order valence-electron chi connectivity index (χ2n) is 3.68. The summed E-state index contributed by atoms with van der Waals surface area (Å²) < 4.78 is 31.3. The molecule has 1 unspecified atom stereocenters. The number of hydrogen-bond acceptors (Lipinski definition) is 4. The maximum absolute atomic E-state index is 12.7. The van der Waals surface area contributed by atoms with Crippen LogP contribution in [0.5, 0.6) is 0 Å². The highest BCUT2D eigenvalue weighted by Gasteiger charge is 2.57. The number of halogens is 2. The zero-order chi connectivity index (χ0) is 11.8. The van der Waals surface area contributed by atoms with E-state index in [9.17, 15) is 13.6 Å². The molecular weight excluding hydrogens is 220 g/mol. The Morgan fingerprint density at radius 3 is 3.00 bits per heavy atom. The number of ether oxygens (including phenoxy) is 1. The number of carbonyl (C=O) groups is 1. The van der Waals surface area contributed by atoms with Crippen LogP contribution < -0.4 is 0 Å². The number of hydrogen-bond donors (Lipinski definition) is 0. The maximum atomic E-state index is 12.7. The smallest absolute Gasteiger partial charge is 0.358 e. The van der Waals surface area contributed by atoms with E-state index in [4.69, 9.17) is 4.74 Å². The van der Waals surface area contributed by atoms with E-state index < -0.39 is 17.8 Å². The van der Waals surface area contributed by atoms with Crippen LogP contribution in [0.25, 0.3) is 0 Å². The molecule has 0 radical (unpaired) electrons. The fourth-order valence-electron chi connectivity index (χ4n) is 1.43. The van der Waals surface area contributed by atoms with E-state index in [0.29, 0.717) is 0 Å². The van der Waals surface area contributed by atoms with Crippen LogP contribution in [0.1, 0.15) is 23.8 Å². The molecule has 1 aromatic heterocycles. The molecule has 1 saturated carbocycles. The molecule has 1 atom stereocenters. The second kappa shape index (κ2) is 3.80. The Morgan fingerprint density at radius 2 is 2.44 bits per heavy atom. The van der Waals surface area contributed by atoms with Crippen molar-refractivity contribution in [2.24, 2.45) is 5.92 Å². The summed E-state index contributed by atoms with van der Waals surface area (Å²) in [4.78, 5) is 11.4. The Bertz CT molecular complexity index is 405. The Morgan fingerprint density at radius 1 is 1.75 bits per heavy atom. The summed E-state index contributed by atoms with van der Waals surface area (Å²) in [5.74, 6) is -3.96. The van der Waals surface area contributed by atoms with E-state index in [2.05, 4.69) is 10.3 Å². The summed E-state index contributed by atoms with van der Waals surface area (Å²) in [5, 5.41) is 7.12. The molecule has 0 spiro atoms. The molecule has 0 aliphatic heterocycles. The van der Waals surface area contributed by atoms with Crippen LogP contribution in [-0.2, 0) is 11.3 Å². The number of carbonyl (C=O) groups excluding carboxylic acids is 1. The molecule has 5 nitrogen and oxygen atoms in total. The van der Waals surface area contributed by atoms with Gasteiger partial charge >= 0.3 is 5.97 Å². The molecule has 0 saturated heterocycles. The lowest BCUT2D eigenvalue weighted by molar-refractivity contribution is 0.0506. The third kappa shape index (κ3) is 2.02. The lowest BCUT2D eigenvalue weighted by Crippen LogP contribution is -2.15. The molecule has 0 amide bonds. The Hall–Kier alpha value is -1.53. The van der Waals surface area contributed by atoms with Gasteiger partial charge in [-0.15, -0.1) is 5.10 Å². The normalized spacial score (nSPS) is 21.8. The monoisotopic (exact) mass is 231 g/mol. The van der Waals surface area contributed by atoms with Gasteiger partial charge in [0.05, 0.1) is 19.3 Å². The summed E-state index contributed by atoms with van der Waals surface area (Å²) in [5.41, 5.74) is 0.115. The van der Waals surface area contributed by atoms with E-state index in [0.717, 1.165) is 0 Å². The van der Waals surface area contributed by atoms with Crippen LogP contribution in [-0.4, -0.2) is 33.5 Å². The first-order valence-electron chi connectivity index (χ1n) is 4.98. The van der Waals surface area contributed by atoms with Crippen molar-refractivity contribution in [2.75, 3.05) is 6.61 Å². The highest BCUT2D eigenvalue weighted by molar-refractivity contribution is 5.87. The molecule has 7 heteroatoms. The van der Waals surface area contributed by atoms with Crippen molar-refractivity contribution in [2.45, 2.75) is 25.8 Å². The quantitative estimate of drug-likeness (QED) is 0.728. The molecule has 1 aliphatic rings. The summed E-state index contributed by atoms with van der Waals surface area (Å²) in [7, 11) is 0. The minimum atomic E-state index is -2.63. The third-order valence-electron chi connectivity index (χ3n) is 2.45. The first-order chi connectivity index (χ1) is 7.54. The van der Waals surface area contributed by atoms with Crippen molar-refractivity contribution in [1.82, 2.24) is 15.0 Å². The zero-order valence-electron chi connectivity index (χ0n) is 8.69. The van der Waals surface area contributed by atoms with Gasteiger partial charge in [-0.05, 0) is 6.92 Å². The van der Waals surface area contributed by atoms with E-state index >= 15 is 0 Å². The van der Waals surface area contributed by atoms with Crippen molar-refractivity contribution >= 4 is 5.97 Å².